The fraction of sp³-hybridized carbons (Fsp3) is 0.591. The summed E-state index contributed by atoms with van der Waals surface area (Å²) in [6, 6.07) is 3.97. The molecule has 1 aromatic heterocycles. The van der Waals surface area contributed by atoms with E-state index in [-0.39, 0.29) is 5.69 Å². The predicted molar refractivity (Wildman–Crippen MR) is 110 cm³/mol. The highest BCUT2D eigenvalue weighted by Crippen LogP contribution is 2.23. The van der Waals surface area contributed by atoms with Gasteiger partial charge in [0.15, 0.2) is 5.82 Å². The van der Waals surface area contributed by atoms with Gasteiger partial charge in [0.05, 0.1) is 25.5 Å². The summed E-state index contributed by atoms with van der Waals surface area (Å²) in [5.74, 6) is -0.688. The summed E-state index contributed by atoms with van der Waals surface area (Å²) in [7, 11) is 0. The van der Waals surface area contributed by atoms with Gasteiger partial charge in [0, 0.05) is 62.1 Å². The van der Waals surface area contributed by atoms with Crippen LogP contribution in [0, 0.1) is 31.4 Å². The van der Waals surface area contributed by atoms with Gasteiger partial charge < -0.3 is 14.8 Å². The van der Waals surface area contributed by atoms with E-state index in [0.29, 0.717) is 18.5 Å². The first kappa shape index (κ1) is 21.4. The van der Waals surface area contributed by atoms with Gasteiger partial charge in [0.25, 0.3) is 0 Å². The molecular weight excluding hydrogens is 390 g/mol. The van der Waals surface area contributed by atoms with Gasteiger partial charge >= 0.3 is 0 Å². The second-order valence-corrected chi connectivity index (χ2v) is 8.13. The first-order chi connectivity index (χ1) is 14.5. The van der Waals surface area contributed by atoms with Crippen LogP contribution in [0.15, 0.2) is 18.2 Å². The molecule has 0 saturated carbocycles. The number of benzene rings is 1. The number of halogens is 2. The fourth-order valence-corrected chi connectivity index (χ4v) is 4.52. The minimum absolute atomic E-state index is 0.262. The standard InChI is InChI=1S/C22H30F2N4O2/c1-15-19(16(2)28(26-15)21-4-3-18(23)11-20(21)24)12-25-13-22(17-5-8-30-14-17)27-6-9-29-10-7-27/h3-4,11,17,22,25H,5-10,12-14H2,1-2H3/t17-,22-/m0/s1. The molecule has 0 bridgehead atoms. The van der Waals surface area contributed by atoms with E-state index in [0.717, 1.165) is 75.5 Å². The summed E-state index contributed by atoms with van der Waals surface area (Å²) >= 11 is 0. The van der Waals surface area contributed by atoms with Gasteiger partial charge in [0.2, 0.25) is 0 Å². The van der Waals surface area contributed by atoms with Crippen molar-refractivity contribution in [2.75, 3.05) is 46.1 Å². The van der Waals surface area contributed by atoms with E-state index < -0.39 is 11.6 Å². The van der Waals surface area contributed by atoms with Crippen LogP contribution in [0.2, 0.25) is 0 Å². The van der Waals surface area contributed by atoms with Gasteiger partial charge in [-0.2, -0.15) is 5.10 Å². The van der Waals surface area contributed by atoms with E-state index in [1.54, 1.807) is 4.68 Å². The van der Waals surface area contributed by atoms with Crippen LogP contribution in [0.4, 0.5) is 8.78 Å². The Hall–Kier alpha value is -1.87. The Morgan fingerprint density at radius 3 is 2.67 bits per heavy atom. The van der Waals surface area contributed by atoms with E-state index in [2.05, 4.69) is 15.3 Å². The molecule has 2 atom stereocenters. The van der Waals surface area contributed by atoms with E-state index in [1.165, 1.54) is 12.1 Å². The average Bonchev–Trinajstić information content (AvgIpc) is 3.35. The Kier molecular flexibility index (Phi) is 6.77. The summed E-state index contributed by atoms with van der Waals surface area (Å²) < 4.78 is 40.2. The summed E-state index contributed by atoms with van der Waals surface area (Å²) in [5, 5.41) is 8.10. The van der Waals surface area contributed by atoms with Gasteiger partial charge in [-0.25, -0.2) is 13.5 Å². The molecule has 0 radical (unpaired) electrons. The summed E-state index contributed by atoms with van der Waals surface area (Å²) in [4.78, 5) is 2.51. The molecule has 8 heteroatoms. The molecule has 164 valence electrons. The van der Waals surface area contributed by atoms with Crippen LogP contribution in [0.25, 0.3) is 5.69 Å². The van der Waals surface area contributed by atoms with Crippen molar-refractivity contribution in [3.05, 3.63) is 46.8 Å². The lowest BCUT2D eigenvalue weighted by molar-refractivity contribution is 0.00137. The molecule has 30 heavy (non-hydrogen) atoms. The van der Waals surface area contributed by atoms with Crippen molar-refractivity contribution in [2.24, 2.45) is 5.92 Å². The van der Waals surface area contributed by atoms with Gasteiger partial charge in [-0.15, -0.1) is 0 Å². The van der Waals surface area contributed by atoms with Crippen LogP contribution >= 0.6 is 0 Å². The smallest absolute Gasteiger partial charge is 0.151 e. The fourth-order valence-electron chi connectivity index (χ4n) is 4.52. The molecule has 0 amide bonds. The zero-order valence-electron chi connectivity index (χ0n) is 17.7. The number of aryl methyl sites for hydroxylation is 1. The maximum atomic E-state index is 14.2. The van der Waals surface area contributed by atoms with Crippen molar-refractivity contribution in [1.29, 1.82) is 0 Å². The third kappa shape index (κ3) is 4.56. The number of ether oxygens (including phenoxy) is 2. The van der Waals surface area contributed by atoms with Gasteiger partial charge in [-0.1, -0.05) is 0 Å². The zero-order valence-corrected chi connectivity index (χ0v) is 17.7. The average molecular weight is 421 g/mol. The number of nitrogens with zero attached hydrogens (tertiary/aromatic N) is 3. The van der Waals surface area contributed by atoms with Crippen molar-refractivity contribution >= 4 is 0 Å². The van der Waals surface area contributed by atoms with Crippen molar-refractivity contribution in [2.45, 2.75) is 32.9 Å². The normalized spacial score (nSPS) is 21.3. The maximum absolute atomic E-state index is 14.2. The zero-order chi connectivity index (χ0) is 21.1. The molecule has 0 aliphatic carbocycles. The van der Waals surface area contributed by atoms with Crippen LogP contribution in [-0.2, 0) is 16.0 Å². The number of hydrogen-bond acceptors (Lipinski definition) is 5. The molecular formula is C22H30F2N4O2. The van der Waals surface area contributed by atoms with Crippen LogP contribution in [0.5, 0.6) is 0 Å². The number of hydrogen-bond donors (Lipinski definition) is 1. The Morgan fingerprint density at radius 1 is 1.17 bits per heavy atom. The Balaban J connectivity index is 1.45. The van der Waals surface area contributed by atoms with Crippen molar-refractivity contribution in [1.82, 2.24) is 20.0 Å². The lowest BCUT2D eigenvalue weighted by Crippen LogP contribution is -2.51. The first-order valence-electron chi connectivity index (χ1n) is 10.7. The molecule has 0 unspecified atom stereocenters. The molecule has 6 nitrogen and oxygen atoms in total. The van der Waals surface area contributed by atoms with Crippen molar-refractivity contribution in [3.63, 3.8) is 0 Å². The quantitative estimate of drug-likeness (QED) is 0.746. The summed E-state index contributed by atoms with van der Waals surface area (Å²) in [5.41, 5.74) is 3.01. The van der Waals surface area contributed by atoms with E-state index in [1.807, 2.05) is 13.8 Å². The maximum Gasteiger partial charge on any atom is 0.151 e. The number of aromatic nitrogens is 2. The molecule has 2 fully saturated rings. The van der Waals surface area contributed by atoms with E-state index in [4.69, 9.17) is 9.47 Å². The molecule has 0 spiro atoms. The van der Waals surface area contributed by atoms with Crippen LogP contribution in [-0.4, -0.2) is 66.8 Å². The highest BCUT2D eigenvalue weighted by molar-refractivity contribution is 5.38. The Morgan fingerprint density at radius 2 is 1.97 bits per heavy atom. The van der Waals surface area contributed by atoms with E-state index in [9.17, 15) is 8.78 Å². The first-order valence-corrected chi connectivity index (χ1v) is 10.7. The Bertz CT molecular complexity index is 861. The summed E-state index contributed by atoms with van der Waals surface area (Å²) in [6.07, 6.45) is 1.09. The minimum Gasteiger partial charge on any atom is -0.381 e. The molecule has 4 rings (SSSR count). The predicted octanol–water partition coefficient (Wildman–Crippen LogP) is 2.59. The van der Waals surface area contributed by atoms with Gasteiger partial charge in [-0.3, -0.25) is 4.90 Å². The third-order valence-corrected chi connectivity index (χ3v) is 6.26. The van der Waals surface area contributed by atoms with Crippen molar-refractivity contribution < 1.29 is 18.3 Å². The molecule has 2 saturated heterocycles. The minimum atomic E-state index is -0.617. The second-order valence-electron chi connectivity index (χ2n) is 8.13. The lowest BCUT2D eigenvalue weighted by atomic mass is 9.96. The number of morpholine rings is 1. The largest absolute Gasteiger partial charge is 0.381 e. The molecule has 1 aromatic carbocycles. The topological polar surface area (TPSA) is 51.5 Å². The SMILES string of the molecule is Cc1nn(-c2ccc(F)cc2F)c(C)c1CNC[C@@H]([C@H]1CCOC1)N1CCOCC1. The van der Waals surface area contributed by atoms with Gasteiger partial charge in [0.1, 0.15) is 11.5 Å². The highest BCUT2D eigenvalue weighted by atomic mass is 19.1. The second kappa shape index (κ2) is 9.51. The van der Waals surface area contributed by atoms with Crippen LogP contribution in [0.1, 0.15) is 23.4 Å². The molecule has 1 N–H and O–H groups in total. The molecule has 2 aliphatic heterocycles. The number of nitrogens with one attached hydrogen (secondary N) is 1. The lowest BCUT2D eigenvalue weighted by Gasteiger charge is -2.37. The Labute approximate surface area is 176 Å². The number of rotatable bonds is 7. The highest BCUT2D eigenvalue weighted by Gasteiger charge is 2.31. The van der Waals surface area contributed by atoms with Gasteiger partial charge in [-0.05, 0) is 32.4 Å². The molecule has 2 aromatic rings. The monoisotopic (exact) mass is 420 g/mol. The van der Waals surface area contributed by atoms with Crippen molar-refractivity contribution in [3.8, 4) is 5.69 Å². The van der Waals surface area contributed by atoms with Crippen LogP contribution in [0.3, 0.4) is 0 Å². The van der Waals surface area contributed by atoms with Crippen LogP contribution < -0.4 is 5.32 Å². The third-order valence-electron chi connectivity index (χ3n) is 6.26. The summed E-state index contributed by atoms with van der Waals surface area (Å²) in [6.45, 7) is 10.4. The molecule has 2 aliphatic rings. The van der Waals surface area contributed by atoms with E-state index >= 15 is 0 Å². The molecule has 3 heterocycles.